The average molecular weight is 232 g/mol. The molecule has 0 radical (unpaired) electrons. The zero-order valence-electron chi connectivity index (χ0n) is 10.1. The van der Waals surface area contributed by atoms with Crippen molar-refractivity contribution >= 4 is 11.5 Å². The van der Waals surface area contributed by atoms with E-state index in [0.717, 1.165) is 13.1 Å². The van der Waals surface area contributed by atoms with Crippen molar-refractivity contribution in [1.29, 1.82) is 5.26 Å². The Labute approximate surface area is 101 Å². The van der Waals surface area contributed by atoms with Gasteiger partial charge in [0, 0.05) is 13.1 Å². The van der Waals surface area contributed by atoms with E-state index in [1.165, 1.54) is 0 Å². The van der Waals surface area contributed by atoms with Gasteiger partial charge in [-0.25, -0.2) is 4.98 Å². The Hall–Kier alpha value is -1.80. The number of morpholine rings is 1. The van der Waals surface area contributed by atoms with Gasteiger partial charge in [0.05, 0.1) is 29.7 Å². The van der Waals surface area contributed by atoms with Crippen LogP contribution in [0.25, 0.3) is 0 Å². The van der Waals surface area contributed by atoms with Crippen LogP contribution in [0, 0.1) is 11.3 Å². The lowest BCUT2D eigenvalue weighted by Crippen LogP contribution is -2.46. The van der Waals surface area contributed by atoms with Crippen molar-refractivity contribution in [3.63, 3.8) is 0 Å². The highest BCUT2D eigenvalue weighted by molar-refractivity contribution is 5.59. The molecule has 1 saturated heterocycles. The van der Waals surface area contributed by atoms with E-state index in [-0.39, 0.29) is 12.2 Å². The van der Waals surface area contributed by atoms with Crippen LogP contribution >= 0.6 is 0 Å². The third-order valence-corrected chi connectivity index (χ3v) is 2.73. The molecular formula is C12H16N4O. The summed E-state index contributed by atoms with van der Waals surface area (Å²) in [7, 11) is 0. The van der Waals surface area contributed by atoms with Gasteiger partial charge in [-0.2, -0.15) is 5.26 Å². The first-order valence-corrected chi connectivity index (χ1v) is 5.66. The molecule has 1 fully saturated rings. The zero-order valence-corrected chi connectivity index (χ0v) is 10.1. The smallest absolute Gasteiger partial charge is 0.146 e. The molecule has 0 aliphatic carbocycles. The van der Waals surface area contributed by atoms with Gasteiger partial charge >= 0.3 is 0 Å². The van der Waals surface area contributed by atoms with Crippen LogP contribution in [0.4, 0.5) is 11.5 Å². The minimum absolute atomic E-state index is 0.143. The van der Waals surface area contributed by atoms with Gasteiger partial charge in [0.15, 0.2) is 0 Å². The maximum absolute atomic E-state index is 9.10. The quantitative estimate of drug-likeness (QED) is 0.786. The summed E-state index contributed by atoms with van der Waals surface area (Å²) in [5, 5.41) is 9.10. The molecule has 1 aromatic heterocycles. The van der Waals surface area contributed by atoms with Crippen LogP contribution in [0.1, 0.15) is 19.4 Å². The number of hydrogen-bond acceptors (Lipinski definition) is 5. The summed E-state index contributed by atoms with van der Waals surface area (Å²) in [6.07, 6.45) is 1.87. The van der Waals surface area contributed by atoms with E-state index in [1.54, 1.807) is 12.3 Å². The summed E-state index contributed by atoms with van der Waals surface area (Å²) >= 11 is 0. The standard InChI is InChI=1S/C12H16N4O/c1-8-6-16(7-9(2)17-8)12-10(4-13)3-11(14)5-15-12/h3,5,8-9H,6-7,14H2,1-2H3. The van der Waals surface area contributed by atoms with E-state index < -0.39 is 0 Å². The molecule has 1 aliphatic rings. The summed E-state index contributed by atoms with van der Waals surface area (Å²) < 4.78 is 5.66. The maximum Gasteiger partial charge on any atom is 0.146 e. The molecule has 2 unspecified atom stereocenters. The molecule has 5 heteroatoms. The summed E-state index contributed by atoms with van der Waals surface area (Å²) in [6, 6.07) is 3.80. The number of pyridine rings is 1. The van der Waals surface area contributed by atoms with E-state index >= 15 is 0 Å². The lowest BCUT2D eigenvalue weighted by molar-refractivity contribution is -0.00546. The lowest BCUT2D eigenvalue weighted by atomic mass is 10.2. The number of aromatic nitrogens is 1. The Bertz CT molecular complexity index is 444. The Balaban J connectivity index is 2.30. The van der Waals surface area contributed by atoms with E-state index in [9.17, 15) is 0 Å². The molecule has 17 heavy (non-hydrogen) atoms. The van der Waals surface area contributed by atoms with Gasteiger partial charge in [-0.05, 0) is 19.9 Å². The van der Waals surface area contributed by atoms with Crippen molar-refractivity contribution in [2.75, 3.05) is 23.7 Å². The average Bonchev–Trinajstić information content (AvgIpc) is 2.27. The molecule has 0 aromatic carbocycles. The van der Waals surface area contributed by atoms with Crippen LogP contribution < -0.4 is 10.6 Å². The number of nitrogens with zero attached hydrogens (tertiary/aromatic N) is 3. The first-order chi connectivity index (χ1) is 8.10. The third kappa shape index (κ3) is 2.48. The molecule has 2 N–H and O–H groups in total. The van der Waals surface area contributed by atoms with Gasteiger partial charge in [0.25, 0.3) is 0 Å². The number of anilines is 2. The third-order valence-electron chi connectivity index (χ3n) is 2.73. The van der Waals surface area contributed by atoms with E-state index in [4.69, 9.17) is 15.7 Å². The van der Waals surface area contributed by atoms with E-state index in [0.29, 0.717) is 17.1 Å². The van der Waals surface area contributed by atoms with E-state index in [2.05, 4.69) is 16.0 Å². The molecular weight excluding hydrogens is 216 g/mol. The summed E-state index contributed by atoms with van der Waals surface area (Å²) in [5.41, 5.74) is 6.66. The van der Waals surface area contributed by atoms with Gasteiger partial charge in [0.1, 0.15) is 11.9 Å². The fourth-order valence-corrected chi connectivity index (χ4v) is 2.16. The van der Waals surface area contributed by atoms with Crippen molar-refractivity contribution in [2.45, 2.75) is 26.1 Å². The minimum Gasteiger partial charge on any atom is -0.397 e. The molecule has 2 heterocycles. The monoisotopic (exact) mass is 232 g/mol. The van der Waals surface area contributed by atoms with E-state index in [1.807, 2.05) is 13.8 Å². The number of nitriles is 1. The lowest BCUT2D eigenvalue weighted by Gasteiger charge is -2.36. The SMILES string of the molecule is CC1CN(c2ncc(N)cc2C#N)CC(C)O1. The summed E-state index contributed by atoms with van der Waals surface area (Å²) in [6.45, 7) is 5.53. The molecule has 1 aliphatic heterocycles. The van der Waals surface area contributed by atoms with Crippen LogP contribution in [-0.2, 0) is 4.74 Å². The van der Waals surface area contributed by atoms with Crippen molar-refractivity contribution in [2.24, 2.45) is 0 Å². The molecule has 5 nitrogen and oxygen atoms in total. The summed E-state index contributed by atoms with van der Waals surface area (Å²) in [5.74, 6) is 0.698. The molecule has 0 amide bonds. The topological polar surface area (TPSA) is 75.2 Å². The van der Waals surface area contributed by atoms with Crippen molar-refractivity contribution in [1.82, 2.24) is 4.98 Å². The normalized spacial score (nSPS) is 24.4. The highest BCUT2D eigenvalue weighted by Crippen LogP contribution is 2.23. The van der Waals surface area contributed by atoms with Gasteiger partial charge in [-0.3, -0.25) is 0 Å². The molecule has 90 valence electrons. The Morgan fingerprint density at radius 1 is 1.47 bits per heavy atom. The predicted molar refractivity (Wildman–Crippen MR) is 65.6 cm³/mol. The Morgan fingerprint density at radius 3 is 2.71 bits per heavy atom. The van der Waals surface area contributed by atoms with Gasteiger partial charge < -0.3 is 15.4 Å². The number of rotatable bonds is 1. The van der Waals surface area contributed by atoms with Gasteiger partial charge in [0.2, 0.25) is 0 Å². The highest BCUT2D eigenvalue weighted by Gasteiger charge is 2.24. The van der Waals surface area contributed by atoms with Crippen LogP contribution in [0.2, 0.25) is 0 Å². The van der Waals surface area contributed by atoms with Crippen LogP contribution in [0.3, 0.4) is 0 Å². The number of nitrogen functional groups attached to an aromatic ring is 1. The van der Waals surface area contributed by atoms with Crippen molar-refractivity contribution < 1.29 is 4.74 Å². The largest absolute Gasteiger partial charge is 0.397 e. The van der Waals surface area contributed by atoms with Gasteiger partial charge in [-0.15, -0.1) is 0 Å². The zero-order chi connectivity index (χ0) is 12.4. The first-order valence-electron chi connectivity index (χ1n) is 5.66. The second kappa shape index (κ2) is 4.60. The fraction of sp³-hybridized carbons (Fsp3) is 0.500. The molecule has 0 bridgehead atoms. The van der Waals surface area contributed by atoms with Gasteiger partial charge in [-0.1, -0.05) is 0 Å². The molecule has 2 atom stereocenters. The maximum atomic E-state index is 9.10. The van der Waals surface area contributed by atoms with Crippen molar-refractivity contribution in [3.05, 3.63) is 17.8 Å². The molecule has 1 aromatic rings. The molecule has 2 rings (SSSR count). The number of hydrogen-bond donors (Lipinski definition) is 1. The second-order valence-corrected chi connectivity index (χ2v) is 4.41. The Kier molecular flexibility index (Phi) is 3.16. The first kappa shape index (κ1) is 11.7. The summed E-state index contributed by atoms with van der Waals surface area (Å²) in [4.78, 5) is 6.34. The second-order valence-electron chi connectivity index (χ2n) is 4.41. The fourth-order valence-electron chi connectivity index (χ4n) is 2.16. The van der Waals surface area contributed by atoms with Crippen molar-refractivity contribution in [3.8, 4) is 6.07 Å². The minimum atomic E-state index is 0.143. The van der Waals surface area contributed by atoms with Crippen LogP contribution in [0.5, 0.6) is 0 Å². The highest BCUT2D eigenvalue weighted by atomic mass is 16.5. The number of ether oxygens (including phenoxy) is 1. The van der Waals surface area contributed by atoms with Crippen LogP contribution in [-0.4, -0.2) is 30.3 Å². The predicted octanol–water partition coefficient (Wildman–Crippen LogP) is 1.15. The molecule has 0 spiro atoms. The Morgan fingerprint density at radius 2 is 2.12 bits per heavy atom. The number of nitrogens with two attached hydrogens (primary N) is 1. The van der Waals surface area contributed by atoms with Crippen LogP contribution in [0.15, 0.2) is 12.3 Å². The molecule has 0 saturated carbocycles.